The SMILES string of the molecule is CC(C)CN1CCN(CCCCCC(C)(C)C)CC1. The Balaban J connectivity index is 2.01. The van der Waals surface area contributed by atoms with Gasteiger partial charge in [0.05, 0.1) is 0 Å². The van der Waals surface area contributed by atoms with Crippen molar-refractivity contribution >= 4 is 0 Å². The van der Waals surface area contributed by atoms with Gasteiger partial charge in [-0.1, -0.05) is 47.5 Å². The van der Waals surface area contributed by atoms with Gasteiger partial charge in [0.15, 0.2) is 0 Å². The van der Waals surface area contributed by atoms with E-state index in [1.807, 2.05) is 0 Å². The van der Waals surface area contributed by atoms with Crippen LogP contribution in [0.1, 0.15) is 60.3 Å². The van der Waals surface area contributed by atoms with Gasteiger partial charge in [-0.3, -0.25) is 0 Å². The zero-order chi connectivity index (χ0) is 14.3. The lowest BCUT2D eigenvalue weighted by atomic mass is 9.89. The third kappa shape index (κ3) is 8.65. The van der Waals surface area contributed by atoms with E-state index < -0.39 is 0 Å². The Kier molecular flexibility index (Phi) is 7.38. The van der Waals surface area contributed by atoms with E-state index in [1.165, 1.54) is 65.0 Å². The second kappa shape index (κ2) is 8.26. The molecule has 0 bridgehead atoms. The Morgan fingerprint density at radius 1 is 0.842 bits per heavy atom. The van der Waals surface area contributed by atoms with Crippen LogP contribution >= 0.6 is 0 Å². The van der Waals surface area contributed by atoms with Gasteiger partial charge in [0, 0.05) is 32.7 Å². The minimum absolute atomic E-state index is 0.516. The molecule has 1 aliphatic rings. The highest BCUT2D eigenvalue weighted by Gasteiger charge is 2.16. The largest absolute Gasteiger partial charge is 0.301 e. The quantitative estimate of drug-likeness (QED) is 0.647. The van der Waals surface area contributed by atoms with E-state index in [0.29, 0.717) is 5.41 Å². The average molecular weight is 268 g/mol. The van der Waals surface area contributed by atoms with E-state index >= 15 is 0 Å². The average Bonchev–Trinajstić information content (AvgIpc) is 2.28. The van der Waals surface area contributed by atoms with Gasteiger partial charge in [-0.25, -0.2) is 0 Å². The molecule has 0 saturated carbocycles. The minimum atomic E-state index is 0.516. The van der Waals surface area contributed by atoms with Crippen LogP contribution in [0.5, 0.6) is 0 Å². The predicted molar refractivity (Wildman–Crippen MR) is 85.6 cm³/mol. The summed E-state index contributed by atoms with van der Waals surface area (Å²) >= 11 is 0. The van der Waals surface area contributed by atoms with Crippen LogP contribution in [-0.2, 0) is 0 Å². The predicted octanol–water partition coefficient (Wildman–Crippen LogP) is 3.87. The molecule has 0 atom stereocenters. The topological polar surface area (TPSA) is 6.48 Å². The summed E-state index contributed by atoms with van der Waals surface area (Å²) in [5.74, 6) is 0.809. The van der Waals surface area contributed by atoms with Crippen LogP contribution < -0.4 is 0 Å². The standard InChI is InChI=1S/C17H36N2/c1-16(2)15-19-13-11-18(12-14-19)10-8-6-7-9-17(3,4)5/h16H,6-15H2,1-5H3. The van der Waals surface area contributed by atoms with E-state index in [-0.39, 0.29) is 0 Å². The summed E-state index contributed by atoms with van der Waals surface area (Å²) in [7, 11) is 0. The first kappa shape index (κ1) is 17.0. The van der Waals surface area contributed by atoms with Crippen LogP contribution in [-0.4, -0.2) is 49.1 Å². The van der Waals surface area contributed by atoms with E-state index in [4.69, 9.17) is 0 Å². The Labute approximate surface area is 121 Å². The van der Waals surface area contributed by atoms with Crippen molar-refractivity contribution < 1.29 is 0 Å². The van der Waals surface area contributed by atoms with Gasteiger partial charge in [0.25, 0.3) is 0 Å². The molecule has 0 aromatic heterocycles. The molecule has 19 heavy (non-hydrogen) atoms. The Morgan fingerprint density at radius 2 is 1.42 bits per heavy atom. The van der Waals surface area contributed by atoms with Crippen LogP contribution in [0, 0.1) is 11.3 Å². The van der Waals surface area contributed by atoms with Gasteiger partial charge in [0.1, 0.15) is 0 Å². The molecule has 0 radical (unpaired) electrons. The molecular weight excluding hydrogens is 232 g/mol. The van der Waals surface area contributed by atoms with Crippen LogP contribution in [0.3, 0.4) is 0 Å². The van der Waals surface area contributed by atoms with Crippen molar-refractivity contribution in [2.45, 2.75) is 60.3 Å². The number of piperazine rings is 1. The molecule has 2 heteroatoms. The van der Waals surface area contributed by atoms with Crippen molar-refractivity contribution in [3.63, 3.8) is 0 Å². The second-order valence-electron chi connectivity index (χ2n) is 7.91. The van der Waals surface area contributed by atoms with Gasteiger partial charge in [0.2, 0.25) is 0 Å². The molecule has 0 unspecified atom stereocenters. The van der Waals surface area contributed by atoms with Crippen molar-refractivity contribution in [1.82, 2.24) is 9.80 Å². The summed E-state index contributed by atoms with van der Waals surface area (Å²) < 4.78 is 0. The molecule has 2 nitrogen and oxygen atoms in total. The summed E-state index contributed by atoms with van der Waals surface area (Å²) in [5.41, 5.74) is 0.516. The molecule has 1 saturated heterocycles. The number of rotatable bonds is 7. The lowest BCUT2D eigenvalue weighted by Crippen LogP contribution is -2.47. The van der Waals surface area contributed by atoms with Crippen molar-refractivity contribution in [2.24, 2.45) is 11.3 Å². The first-order chi connectivity index (χ1) is 8.87. The second-order valence-corrected chi connectivity index (χ2v) is 7.91. The summed E-state index contributed by atoms with van der Waals surface area (Å²) in [6.45, 7) is 19.4. The van der Waals surface area contributed by atoms with Crippen molar-refractivity contribution in [3.8, 4) is 0 Å². The van der Waals surface area contributed by atoms with Gasteiger partial charge >= 0.3 is 0 Å². The van der Waals surface area contributed by atoms with Crippen LogP contribution in [0.4, 0.5) is 0 Å². The highest BCUT2D eigenvalue weighted by molar-refractivity contribution is 4.72. The highest BCUT2D eigenvalue weighted by Crippen LogP contribution is 2.22. The lowest BCUT2D eigenvalue weighted by Gasteiger charge is -2.35. The molecular formula is C17H36N2. The van der Waals surface area contributed by atoms with E-state index in [2.05, 4.69) is 44.4 Å². The van der Waals surface area contributed by atoms with E-state index in [9.17, 15) is 0 Å². The summed E-state index contributed by atoms with van der Waals surface area (Å²) in [6.07, 6.45) is 5.57. The zero-order valence-electron chi connectivity index (χ0n) is 14.0. The summed E-state index contributed by atoms with van der Waals surface area (Å²) in [5, 5.41) is 0. The molecule has 0 N–H and O–H groups in total. The minimum Gasteiger partial charge on any atom is -0.301 e. The fourth-order valence-corrected chi connectivity index (χ4v) is 2.88. The van der Waals surface area contributed by atoms with Crippen LogP contribution in [0.25, 0.3) is 0 Å². The molecule has 1 rings (SSSR count). The molecule has 1 fully saturated rings. The molecule has 0 aliphatic carbocycles. The third-order valence-corrected chi connectivity index (χ3v) is 3.99. The normalized spacial score (nSPS) is 19.3. The number of hydrogen-bond donors (Lipinski definition) is 0. The van der Waals surface area contributed by atoms with Gasteiger partial charge in [-0.15, -0.1) is 0 Å². The molecule has 1 heterocycles. The zero-order valence-corrected chi connectivity index (χ0v) is 14.0. The number of unbranched alkanes of at least 4 members (excludes halogenated alkanes) is 2. The van der Waals surface area contributed by atoms with Crippen molar-refractivity contribution in [1.29, 1.82) is 0 Å². The summed E-state index contributed by atoms with van der Waals surface area (Å²) in [6, 6.07) is 0. The van der Waals surface area contributed by atoms with Crippen molar-refractivity contribution in [3.05, 3.63) is 0 Å². The Hall–Kier alpha value is -0.0800. The maximum atomic E-state index is 2.66. The first-order valence-corrected chi connectivity index (χ1v) is 8.31. The molecule has 0 spiro atoms. The lowest BCUT2D eigenvalue weighted by molar-refractivity contribution is 0.120. The smallest absolute Gasteiger partial charge is 0.0110 e. The highest BCUT2D eigenvalue weighted by atomic mass is 15.3. The molecule has 0 aromatic rings. The van der Waals surface area contributed by atoms with Gasteiger partial charge in [-0.2, -0.15) is 0 Å². The number of nitrogens with zero attached hydrogens (tertiary/aromatic N) is 2. The molecule has 0 aromatic carbocycles. The maximum absolute atomic E-state index is 2.66. The van der Waals surface area contributed by atoms with Gasteiger partial charge in [-0.05, 0) is 30.7 Å². The first-order valence-electron chi connectivity index (χ1n) is 8.31. The molecule has 1 aliphatic heterocycles. The Bertz CT molecular complexity index is 222. The van der Waals surface area contributed by atoms with E-state index in [0.717, 1.165) is 5.92 Å². The fourth-order valence-electron chi connectivity index (χ4n) is 2.88. The molecule has 0 amide bonds. The number of hydrogen-bond acceptors (Lipinski definition) is 2. The molecule has 114 valence electrons. The van der Waals surface area contributed by atoms with Gasteiger partial charge < -0.3 is 9.80 Å². The van der Waals surface area contributed by atoms with Crippen molar-refractivity contribution in [2.75, 3.05) is 39.3 Å². The van der Waals surface area contributed by atoms with E-state index in [1.54, 1.807) is 0 Å². The third-order valence-electron chi connectivity index (χ3n) is 3.99. The monoisotopic (exact) mass is 268 g/mol. The van der Waals surface area contributed by atoms with Crippen LogP contribution in [0.2, 0.25) is 0 Å². The summed E-state index contributed by atoms with van der Waals surface area (Å²) in [4.78, 5) is 5.29. The fraction of sp³-hybridized carbons (Fsp3) is 1.00. The van der Waals surface area contributed by atoms with Crippen LogP contribution in [0.15, 0.2) is 0 Å². The Morgan fingerprint density at radius 3 is 1.95 bits per heavy atom. The maximum Gasteiger partial charge on any atom is 0.0110 e.